The van der Waals surface area contributed by atoms with E-state index in [1.807, 2.05) is 72.8 Å². The molecule has 4 aromatic carbocycles. The molecule has 0 saturated carbocycles. The standard InChI is InChI=1S/C27H19FN2O2S/c28-22-12-10-18(11-13-22)17-32-24-15-20-7-5-4-6-19(20)14-21(24)16-25-26(31)30-27(33-25)29-23-8-2-1-3-9-23/h1-16H,17H2,(H,29,30,31)/b25-16+. The monoisotopic (exact) mass is 454 g/mol. The highest BCUT2D eigenvalue weighted by molar-refractivity contribution is 8.18. The van der Waals surface area contributed by atoms with Crippen LogP contribution in [0.2, 0.25) is 0 Å². The predicted molar refractivity (Wildman–Crippen MR) is 132 cm³/mol. The molecule has 33 heavy (non-hydrogen) atoms. The maximum Gasteiger partial charge on any atom is 0.264 e. The van der Waals surface area contributed by atoms with Crippen LogP contribution in [0.1, 0.15) is 11.1 Å². The van der Waals surface area contributed by atoms with Gasteiger partial charge in [-0.15, -0.1) is 0 Å². The van der Waals surface area contributed by atoms with Crippen LogP contribution in [-0.4, -0.2) is 11.1 Å². The van der Waals surface area contributed by atoms with Crippen molar-refractivity contribution in [3.05, 3.63) is 113 Å². The lowest BCUT2D eigenvalue weighted by atomic mass is 10.1. The highest BCUT2D eigenvalue weighted by Gasteiger charge is 2.24. The van der Waals surface area contributed by atoms with E-state index in [1.165, 1.54) is 23.9 Å². The molecule has 0 unspecified atom stereocenters. The SMILES string of the molecule is O=C1NC(=Nc2ccccc2)S/C1=C/c1cc2ccccc2cc1OCc1ccc(F)cc1. The summed E-state index contributed by atoms with van der Waals surface area (Å²) >= 11 is 1.29. The molecule has 0 aliphatic carbocycles. The van der Waals surface area contributed by atoms with Crippen molar-refractivity contribution in [1.82, 2.24) is 5.32 Å². The van der Waals surface area contributed by atoms with E-state index in [9.17, 15) is 9.18 Å². The Morgan fingerprint density at radius 2 is 1.61 bits per heavy atom. The average molecular weight is 455 g/mol. The number of ether oxygens (including phenoxy) is 1. The van der Waals surface area contributed by atoms with Crippen LogP contribution >= 0.6 is 11.8 Å². The first-order valence-electron chi connectivity index (χ1n) is 10.4. The summed E-state index contributed by atoms with van der Waals surface area (Å²) in [6.07, 6.45) is 1.82. The van der Waals surface area contributed by atoms with Gasteiger partial charge in [0.2, 0.25) is 0 Å². The van der Waals surface area contributed by atoms with E-state index in [0.29, 0.717) is 15.8 Å². The predicted octanol–water partition coefficient (Wildman–Crippen LogP) is 6.45. The van der Waals surface area contributed by atoms with Crippen molar-refractivity contribution >= 4 is 45.4 Å². The van der Waals surface area contributed by atoms with Gasteiger partial charge in [0, 0.05) is 5.56 Å². The van der Waals surface area contributed by atoms with Crippen LogP contribution in [0.3, 0.4) is 0 Å². The van der Waals surface area contributed by atoms with Gasteiger partial charge in [-0.05, 0) is 70.6 Å². The van der Waals surface area contributed by atoms with Crippen LogP contribution in [0.4, 0.5) is 10.1 Å². The molecule has 0 radical (unpaired) electrons. The first-order valence-corrected chi connectivity index (χ1v) is 11.2. The molecule has 4 aromatic rings. The minimum absolute atomic E-state index is 0.202. The average Bonchev–Trinajstić information content (AvgIpc) is 3.17. The van der Waals surface area contributed by atoms with Crippen molar-refractivity contribution in [3.8, 4) is 5.75 Å². The molecule has 1 aliphatic rings. The number of fused-ring (bicyclic) bond motifs is 1. The zero-order valence-corrected chi connectivity index (χ0v) is 18.3. The van der Waals surface area contributed by atoms with E-state index in [-0.39, 0.29) is 18.3 Å². The smallest absolute Gasteiger partial charge is 0.264 e. The number of hydrogen-bond donors (Lipinski definition) is 1. The molecular weight excluding hydrogens is 435 g/mol. The topological polar surface area (TPSA) is 50.7 Å². The first kappa shape index (κ1) is 21.0. The van der Waals surface area contributed by atoms with Crippen LogP contribution in [-0.2, 0) is 11.4 Å². The molecule has 162 valence electrons. The highest BCUT2D eigenvalue weighted by atomic mass is 32.2. The molecule has 0 bridgehead atoms. The van der Waals surface area contributed by atoms with Gasteiger partial charge in [0.25, 0.3) is 5.91 Å². The Labute approximate surface area is 194 Å². The minimum Gasteiger partial charge on any atom is -0.488 e. The Hall–Kier alpha value is -3.90. The number of para-hydroxylation sites is 1. The molecule has 1 aliphatic heterocycles. The van der Waals surface area contributed by atoms with Crippen molar-refractivity contribution in [1.29, 1.82) is 0 Å². The first-order chi connectivity index (χ1) is 16.1. The fraction of sp³-hybridized carbons (Fsp3) is 0.0370. The number of benzene rings is 4. The molecule has 1 amide bonds. The van der Waals surface area contributed by atoms with E-state index in [4.69, 9.17) is 4.74 Å². The third-order valence-corrected chi connectivity index (χ3v) is 6.02. The molecule has 6 heteroatoms. The van der Waals surface area contributed by atoms with Crippen LogP contribution < -0.4 is 10.1 Å². The number of thioether (sulfide) groups is 1. The number of hydrogen-bond acceptors (Lipinski definition) is 4. The number of halogens is 1. The summed E-state index contributed by atoms with van der Waals surface area (Å²) in [6.45, 7) is 0.287. The molecule has 5 rings (SSSR count). The van der Waals surface area contributed by atoms with Crippen molar-refractivity contribution < 1.29 is 13.9 Å². The Morgan fingerprint density at radius 3 is 2.36 bits per heavy atom. The summed E-state index contributed by atoms with van der Waals surface area (Å²) in [4.78, 5) is 17.6. The van der Waals surface area contributed by atoms with E-state index in [0.717, 1.165) is 27.6 Å². The second kappa shape index (κ2) is 9.30. The lowest BCUT2D eigenvalue weighted by molar-refractivity contribution is -0.115. The molecule has 0 spiro atoms. The van der Waals surface area contributed by atoms with E-state index in [1.54, 1.807) is 12.1 Å². The summed E-state index contributed by atoms with van der Waals surface area (Å²) in [7, 11) is 0. The van der Waals surface area contributed by atoms with Gasteiger partial charge in [0.05, 0.1) is 10.6 Å². The molecule has 0 atom stereocenters. The van der Waals surface area contributed by atoms with E-state index < -0.39 is 0 Å². The zero-order chi connectivity index (χ0) is 22.6. The number of amides is 1. The third-order valence-electron chi connectivity index (χ3n) is 5.11. The number of nitrogens with one attached hydrogen (secondary N) is 1. The lowest BCUT2D eigenvalue weighted by Gasteiger charge is -2.12. The number of rotatable bonds is 5. The van der Waals surface area contributed by atoms with Crippen LogP contribution in [0.25, 0.3) is 16.8 Å². The van der Waals surface area contributed by atoms with Crippen molar-refractivity contribution in [2.24, 2.45) is 4.99 Å². The van der Waals surface area contributed by atoms with Gasteiger partial charge in [-0.1, -0.05) is 54.6 Å². The van der Waals surface area contributed by atoms with Crippen molar-refractivity contribution in [3.63, 3.8) is 0 Å². The van der Waals surface area contributed by atoms with Gasteiger partial charge in [0.1, 0.15) is 18.2 Å². The van der Waals surface area contributed by atoms with E-state index in [2.05, 4.69) is 10.3 Å². The molecule has 0 aromatic heterocycles. The Kier molecular flexibility index (Phi) is 5.91. The van der Waals surface area contributed by atoms with Crippen molar-refractivity contribution in [2.45, 2.75) is 6.61 Å². The van der Waals surface area contributed by atoms with Gasteiger partial charge < -0.3 is 10.1 Å². The maximum absolute atomic E-state index is 13.2. The number of carbonyl (C=O) groups excluding carboxylic acids is 1. The number of amidine groups is 1. The van der Waals surface area contributed by atoms with Gasteiger partial charge in [-0.25, -0.2) is 9.38 Å². The number of aliphatic imine (C=N–C) groups is 1. The van der Waals surface area contributed by atoms with Gasteiger partial charge in [-0.2, -0.15) is 0 Å². The fourth-order valence-electron chi connectivity index (χ4n) is 3.46. The summed E-state index contributed by atoms with van der Waals surface area (Å²) in [6, 6.07) is 27.6. The Balaban J connectivity index is 1.46. The molecule has 4 nitrogen and oxygen atoms in total. The summed E-state index contributed by atoms with van der Waals surface area (Å²) in [5, 5.41) is 5.43. The summed E-state index contributed by atoms with van der Waals surface area (Å²) in [5.41, 5.74) is 2.42. The zero-order valence-electron chi connectivity index (χ0n) is 17.5. The quantitative estimate of drug-likeness (QED) is 0.353. The van der Waals surface area contributed by atoms with Crippen LogP contribution in [0.5, 0.6) is 5.75 Å². The Bertz CT molecular complexity index is 1380. The van der Waals surface area contributed by atoms with Crippen molar-refractivity contribution in [2.75, 3.05) is 0 Å². The molecule has 1 N–H and O–H groups in total. The maximum atomic E-state index is 13.2. The molecule has 1 fully saturated rings. The minimum atomic E-state index is -0.285. The van der Waals surface area contributed by atoms with Crippen LogP contribution in [0, 0.1) is 5.82 Å². The highest BCUT2D eigenvalue weighted by Crippen LogP contribution is 2.33. The summed E-state index contributed by atoms with van der Waals surface area (Å²) < 4.78 is 19.3. The molecule has 1 saturated heterocycles. The molecule has 1 heterocycles. The Morgan fingerprint density at radius 1 is 0.909 bits per heavy atom. The van der Waals surface area contributed by atoms with Gasteiger partial charge in [-0.3, -0.25) is 4.79 Å². The second-order valence-corrected chi connectivity index (χ2v) is 8.50. The van der Waals surface area contributed by atoms with E-state index >= 15 is 0 Å². The molecular formula is C27H19FN2O2S. The fourth-order valence-corrected chi connectivity index (χ4v) is 4.29. The largest absolute Gasteiger partial charge is 0.488 e. The second-order valence-electron chi connectivity index (χ2n) is 7.47. The number of carbonyl (C=O) groups is 1. The third kappa shape index (κ3) is 4.96. The van der Waals surface area contributed by atoms with Gasteiger partial charge >= 0.3 is 0 Å². The summed E-state index contributed by atoms with van der Waals surface area (Å²) in [5.74, 6) is 0.159. The normalized spacial score (nSPS) is 15.8. The van der Waals surface area contributed by atoms with Gasteiger partial charge in [0.15, 0.2) is 5.17 Å². The number of nitrogens with zero attached hydrogens (tertiary/aromatic N) is 1. The lowest BCUT2D eigenvalue weighted by Crippen LogP contribution is -2.19. The van der Waals surface area contributed by atoms with Crippen LogP contribution in [0.15, 0.2) is 101 Å².